The number of ether oxygens (including phenoxy) is 1. The Labute approximate surface area is 126 Å². The van der Waals surface area contributed by atoms with E-state index in [1.165, 1.54) is 18.4 Å². The van der Waals surface area contributed by atoms with E-state index < -0.39 is 0 Å². The van der Waals surface area contributed by atoms with Crippen LogP contribution >= 0.6 is 0 Å². The van der Waals surface area contributed by atoms with Crippen LogP contribution in [0.1, 0.15) is 18.4 Å². The van der Waals surface area contributed by atoms with Gasteiger partial charge in [-0.2, -0.15) is 0 Å². The molecule has 2 fully saturated rings. The molecule has 1 aromatic carbocycles. The summed E-state index contributed by atoms with van der Waals surface area (Å²) < 4.78 is 5.04. The van der Waals surface area contributed by atoms with Crippen LogP contribution in [0.2, 0.25) is 0 Å². The normalized spacial score (nSPS) is 23.3. The van der Waals surface area contributed by atoms with Gasteiger partial charge in [0.15, 0.2) is 0 Å². The average molecular weight is 288 g/mol. The molecular weight excluding hydrogens is 264 g/mol. The fraction of sp³-hybridized carbons (Fsp3) is 0.588. The van der Waals surface area contributed by atoms with Gasteiger partial charge in [-0.25, -0.2) is 0 Å². The molecule has 1 saturated heterocycles. The van der Waals surface area contributed by atoms with Gasteiger partial charge in [0.2, 0.25) is 5.91 Å². The third-order valence-electron chi connectivity index (χ3n) is 4.48. The molecule has 0 N–H and O–H groups in total. The van der Waals surface area contributed by atoms with Gasteiger partial charge in [0.1, 0.15) is 6.61 Å². The number of carbonyl (C=O) groups is 1. The highest BCUT2D eigenvalue weighted by Crippen LogP contribution is 2.29. The second-order valence-corrected chi connectivity index (χ2v) is 6.09. The summed E-state index contributed by atoms with van der Waals surface area (Å²) in [5.41, 5.74) is 1.30. The molecule has 0 radical (unpaired) electrons. The molecule has 1 saturated carbocycles. The first-order valence-electron chi connectivity index (χ1n) is 7.84. The topological polar surface area (TPSA) is 32.8 Å². The summed E-state index contributed by atoms with van der Waals surface area (Å²) in [4.78, 5) is 16.9. The molecule has 114 valence electrons. The van der Waals surface area contributed by atoms with Crippen molar-refractivity contribution in [2.24, 2.45) is 0 Å². The Kier molecular flexibility index (Phi) is 4.56. The van der Waals surface area contributed by atoms with Crippen molar-refractivity contribution in [1.29, 1.82) is 0 Å². The minimum Gasteiger partial charge on any atom is -0.375 e. The smallest absolute Gasteiger partial charge is 0.248 e. The van der Waals surface area contributed by atoms with Crippen molar-refractivity contribution < 1.29 is 9.53 Å². The van der Waals surface area contributed by atoms with Gasteiger partial charge in [-0.1, -0.05) is 30.3 Å². The number of benzene rings is 1. The third kappa shape index (κ3) is 3.63. The van der Waals surface area contributed by atoms with Crippen LogP contribution < -0.4 is 0 Å². The van der Waals surface area contributed by atoms with E-state index in [1.807, 2.05) is 11.0 Å². The average Bonchev–Trinajstić information content (AvgIpc) is 3.33. The number of hydrogen-bond acceptors (Lipinski definition) is 3. The number of methoxy groups -OCH3 is 1. The molecule has 0 aromatic heterocycles. The predicted octanol–water partition coefficient (Wildman–Crippen LogP) is 1.55. The van der Waals surface area contributed by atoms with Gasteiger partial charge in [0, 0.05) is 38.8 Å². The minimum atomic E-state index is 0.119. The highest BCUT2D eigenvalue weighted by molar-refractivity contribution is 5.78. The summed E-state index contributed by atoms with van der Waals surface area (Å²) in [6, 6.07) is 11.5. The molecule has 0 bridgehead atoms. The zero-order valence-corrected chi connectivity index (χ0v) is 12.7. The summed E-state index contributed by atoms with van der Waals surface area (Å²) >= 11 is 0. The molecule has 0 spiro atoms. The Morgan fingerprint density at radius 3 is 2.67 bits per heavy atom. The third-order valence-corrected chi connectivity index (χ3v) is 4.48. The van der Waals surface area contributed by atoms with E-state index in [0.29, 0.717) is 0 Å². The van der Waals surface area contributed by atoms with Crippen molar-refractivity contribution >= 4 is 5.91 Å². The number of piperazine rings is 1. The number of nitrogens with zero attached hydrogens (tertiary/aromatic N) is 2. The number of hydrogen-bond donors (Lipinski definition) is 0. The number of rotatable bonds is 5. The second-order valence-electron chi connectivity index (χ2n) is 6.09. The molecule has 2 aliphatic rings. The van der Waals surface area contributed by atoms with Crippen molar-refractivity contribution in [3.63, 3.8) is 0 Å². The maximum Gasteiger partial charge on any atom is 0.248 e. The Morgan fingerprint density at radius 1 is 1.24 bits per heavy atom. The van der Waals surface area contributed by atoms with Crippen molar-refractivity contribution in [3.8, 4) is 0 Å². The van der Waals surface area contributed by atoms with Gasteiger partial charge in [0.25, 0.3) is 0 Å². The molecule has 0 unspecified atom stereocenters. The van der Waals surface area contributed by atoms with Crippen LogP contribution in [0.25, 0.3) is 0 Å². The quantitative estimate of drug-likeness (QED) is 0.824. The molecule has 1 aliphatic carbocycles. The van der Waals surface area contributed by atoms with Crippen LogP contribution in [0, 0.1) is 0 Å². The SMILES string of the molecule is COCC(=O)N1CCN(C2CC2)C[C@H]1Cc1ccccc1. The van der Waals surface area contributed by atoms with Crippen molar-refractivity contribution in [2.45, 2.75) is 31.3 Å². The predicted molar refractivity (Wildman–Crippen MR) is 82.1 cm³/mol. The molecule has 1 atom stereocenters. The van der Waals surface area contributed by atoms with Crippen LogP contribution in [0.4, 0.5) is 0 Å². The van der Waals surface area contributed by atoms with E-state index >= 15 is 0 Å². The first-order valence-corrected chi connectivity index (χ1v) is 7.84. The molecule has 3 rings (SSSR count). The lowest BCUT2D eigenvalue weighted by Crippen LogP contribution is -2.57. The summed E-state index contributed by atoms with van der Waals surface area (Å²) in [7, 11) is 1.59. The molecule has 4 heteroatoms. The lowest BCUT2D eigenvalue weighted by molar-refractivity contribution is -0.140. The highest BCUT2D eigenvalue weighted by Gasteiger charge is 2.36. The minimum absolute atomic E-state index is 0.119. The first kappa shape index (κ1) is 14.5. The van der Waals surface area contributed by atoms with Crippen LogP contribution in [0.15, 0.2) is 30.3 Å². The van der Waals surface area contributed by atoms with Crippen LogP contribution in [-0.2, 0) is 16.0 Å². The zero-order chi connectivity index (χ0) is 14.7. The van der Waals surface area contributed by atoms with Gasteiger partial charge in [0.05, 0.1) is 0 Å². The molecule has 21 heavy (non-hydrogen) atoms. The number of carbonyl (C=O) groups excluding carboxylic acids is 1. The fourth-order valence-electron chi connectivity index (χ4n) is 3.25. The van der Waals surface area contributed by atoms with Crippen molar-refractivity contribution in [3.05, 3.63) is 35.9 Å². The Balaban J connectivity index is 1.70. The van der Waals surface area contributed by atoms with Crippen LogP contribution in [0.5, 0.6) is 0 Å². The van der Waals surface area contributed by atoms with E-state index in [2.05, 4.69) is 29.2 Å². The lowest BCUT2D eigenvalue weighted by atomic mass is 10.0. The summed E-state index contributed by atoms with van der Waals surface area (Å²) in [5, 5.41) is 0. The van der Waals surface area contributed by atoms with Gasteiger partial charge in [-0.05, 0) is 24.8 Å². The summed E-state index contributed by atoms with van der Waals surface area (Å²) in [5.74, 6) is 0.119. The van der Waals surface area contributed by atoms with Crippen LogP contribution in [0.3, 0.4) is 0 Å². The summed E-state index contributed by atoms with van der Waals surface area (Å²) in [6.45, 7) is 3.02. The standard InChI is InChI=1S/C17H24N2O2/c1-21-13-17(20)19-10-9-18(15-7-8-15)12-16(19)11-14-5-3-2-4-6-14/h2-6,15-16H,7-13H2,1H3/t16-/m1/s1. The molecule has 1 amide bonds. The Hall–Kier alpha value is -1.39. The lowest BCUT2D eigenvalue weighted by Gasteiger charge is -2.41. The van der Waals surface area contributed by atoms with Gasteiger partial charge >= 0.3 is 0 Å². The zero-order valence-electron chi connectivity index (χ0n) is 12.7. The first-order chi connectivity index (χ1) is 10.3. The van der Waals surface area contributed by atoms with Crippen molar-refractivity contribution in [2.75, 3.05) is 33.4 Å². The van der Waals surface area contributed by atoms with E-state index in [9.17, 15) is 4.79 Å². The monoisotopic (exact) mass is 288 g/mol. The molecule has 4 nitrogen and oxygen atoms in total. The maximum atomic E-state index is 12.3. The van der Waals surface area contributed by atoms with E-state index in [-0.39, 0.29) is 18.6 Å². The molecule has 1 aromatic rings. The van der Waals surface area contributed by atoms with E-state index in [1.54, 1.807) is 7.11 Å². The maximum absolute atomic E-state index is 12.3. The Bertz CT molecular complexity index is 473. The number of amides is 1. The molecule has 1 heterocycles. The molecular formula is C17H24N2O2. The fourth-order valence-corrected chi connectivity index (χ4v) is 3.25. The largest absolute Gasteiger partial charge is 0.375 e. The summed E-state index contributed by atoms with van der Waals surface area (Å²) in [6.07, 6.45) is 3.58. The van der Waals surface area contributed by atoms with E-state index in [0.717, 1.165) is 32.1 Å². The van der Waals surface area contributed by atoms with Crippen molar-refractivity contribution in [1.82, 2.24) is 9.80 Å². The molecule has 1 aliphatic heterocycles. The Morgan fingerprint density at radius 2 is 2.00 bits per heavy atom. The van der Waals surface area contributed by atoms with Crippen LogP contribution in [-0.4, -0.2) is 61.1 Å². The second kappa shape index (κ2) is 6.58. The van der Waals surface area contributed by atoms with Gasteiger partial charge in [-0.3, -0.25) is 9.69 Å². The highest BCUT2D eigenvalue weighted by atomic mass is 16.5. The van der Waals surface area contributed by atoms with Gasteiger partial charge in [-0.15, -0.1) is 0 Å². The van der Waals surface area contributed by atoms with E-state index in [4.69, 9.17) is 4.74 Å². The van der Waals surface area contributed by atoms with Gasteiger partial charge < -0.3 is 9.64 Å².